The number of pyridine rings is 1. The summed E-state index contributed by atoms with van der Waals surface area (Å²) in [6.45, 7) is -1.05. The fourth-order valence-electron chi connectivity index (χ4n) is 5.75. The van der Waals surface area contributed by atoms with E-state index in [-0.39, 0.29) is 53.9 Å². The number of fused-ring (bicyclic) bond motifs is 1. The Morgan fingerprint density at radius 3 is 2.29 bits per heavy atom. The zero-order chi connectivity index (χ0) is 39.9. The molecule has 3 aromatic heterocycles. The van der Waals surface area contributed by atoms with Gasteiger partial charge in [0.05, 0.1) is 26.1 Å². The first-order valence-corrected chi connectivity index (χ1v) is 19.9. The van der Waals surface area contributed by atoms with E-state index in [0.717, 1.165) is 32.0 Å². The summed E-state index contributed by atoms with van der Waals surface area (Å²) in [5.41, 5.74) is 11.1. The van der Waals surface area contributed by atoms with Gasteiger partial charge in [-0.1, -0.05) is 12.8 Å². The molecule has 304 valence electrons. The quantitative estimate of drug-likeness (QED) is 0.0227. The van der Waals surface area contributed by atoms with Gasteiger partial charge in [-0.25, -0.2) is 19.3 Å². The van der Waals surface area contributed by atoms with Crippen molar-refractivity contribution in [2.75, 3.05) is 38.2 Å². The van der Waals surface area contributed by atoms with E-state index in [0.29, 0.717) is 13.1 Å². The van der Waals surface area contributed by atoms with Crippen molar-refractivity contribution in [3.05, 3.63) is 42.7 Å². The maximum atomic E-state index is 12.5. The number of ether oxygens (including phenoxy) is 2. The third kappa shape index (κ3) is 11.6. The summed E-state index contributed by atoms with van der Waals surface area (Å²) in [6.07, 6.45) is -3.90. The number of nitrogens with two attached hydrogens (primary N) is 2. The van der Waals surface area contributed by atoms with E-state index in [1.807, 2.05) is 0 Å². The van der Waals surface area contributed by atoms with Crippen LogP contribution in [0, 0.1) is 0 Å². The van der Waals surface area contributed by atoms with Gasteiger partial charge in [0.2, 0.25) is 5.91 Å². The maximum Gasteiger partial charge on any atom is 1.00 e. The first kappa shape index (κ1) is 45.7. The van der Waals surface area contributed by atoms with Crippen molar-refractivity contribution in [2.45, 2.75) is 74.8 Å². The van der Waals surface area contributed by atoms with Gasteiger partial charge >= 0.3 is 18.9 Å². The second-order valence-electron chi connectivity index (χ2n) is 12.5. The second kappa shape index (κ2) is 20.1. The number of phosphoric acid groups is 2. The SMILES string of the molecule is NCCCCCCNC(=O)CNc1ncnc2c1ncn2[C@@H]1O[C@H](COP(=O)([O-])OP(=O)([O-])OC[C@H]2O[C@@H]([n+]3cccc(C(N)=O)c3)[C@H](O)[C@@H]2O)[C@@H](O)[C@H]1O.[Li+]. The van der Waals surface area contributed by atoms with Crippen LogP contribution in [0.4, 0.5) is 5.82 Å². The smallest absolute Gasteiger partial charge is 0.756 e. The van der Waals surface area contributed by atoms with E-state index in [1.54, 1.807) is 0 Å². The molecule has 0 bridgehead atoms. The molecule has 2 saturated heterocycles. The van der Waals surface area contributed by atoms with Crippen LogP contribution in [0.5, 0.6) is 0 Å². The van der Waals surface area contributed by atoms with Crippen molar-refractivity contribution >= 4 is 44.4 Å². The number of primary amides is 1. The molecule has 2 fully saturated rings. The van der Waals surface area contributed by atoms with Crippen LogP contribution in [0.2, 0.25) is 0 Å². The minimum absolute atomic E-state index is 0. The standard InChI is InChI=1S/C29H43N9O15P2.Li/c30-7-3-1-2-4-8-32-19(39)10-33-26-20-27(35-14-34-26)38(15-36-20)29-24(43)22(41)18(52-29)13-50-55(47,48)53-54(45,46)49-12-17-21(40)23(42)28(51-17)37-9-5-6-16(11-37)25(31)44;/h5-6,9,11,14-15,17-18,21-24,28-29,40-43H,1-4,7-8,10,12-13,30H2,(H5-,31,32,33,34,35,39,44,45,46,47,48);/q;+1/p-1/t17-,18-,21-,22-,23-,24-,28-,29-;/m1./s1. The summed E-state index contributed by atoms with van der Waals surface area (Å²) in [5, 5.41) is 47.8. The van der Waals surface area contributed by atoms with Gasteiger partial charge < -0.3 is 70.8 Å². The van der Waals surface area contributed by atoms with Gasteiger partial charge in [0, 0.05) is 12.6 Å². The number of nitrogens with one attached hydrogen (secondary N) is 2. The third-order valence-corrected chi connectivity index (χ3v) is 11.1. The largest absolute Gasteiger partial charge is 1.00 e. The summed E-state index contributed by atoms with van der Waals surface area (Å²) in [5.74, 6) is -0.891. The summed E-state index contributed by atoms with van der Waals surface area (Å²) in [6, 6.07) is 2.80. The molecule has 56 heavy (non-hydrogen) atoms. The molecular formula is C29H42LiN9O15P2. The van der Waals surface area contributed by atoms with E-state index in [2.05, 4.69) is 38.9 Å². The van der Waals surface area contributed by atoms with Crippen LogP contribution in [-0.2, 0) is 36.8 Å². The summed E-state index contributed by atoms with van der Waals surface area (Å²) in [4.78, 5) is 61.1. The number of aliphatic hydroxyl groups is 4. The zero-order valence-corrected chi connectivity index (χ0v) is 31.8. The number of amides is 2. The Kier molecular flexibility index (Phi) is 16.4. The molecule has 2 amide bonds. The molecule has 0 aliphatic carbocycles. The minimum atomic E-state index is -5.74. The van der Waals surface area contributed by atoms with Crippen LogP contribution in [0.25, 0.3) is 11.2 Å². The summed E-state index contributed by atoms with van der Waals surface area (Å²) in [7, 11) is -11.5. The average molecular weight is 826 g/mol. The number of phosphoric ester groups is 2. The molecule has 5 heterocycles. The van der Waals surface area contributed by atoms with E-state index >= 15 is 0 Å². The van der Waals surface area contributed by atoms with Gasteiger partial charge in [0.15, 0.2) is 41.7 Å². The number of imidazole rings is 1. The van der Waals surface area contributed by atoms with E-state index < -0.39 is 83.8 Å². The van der Waals surface area contributed by atoms with Crippen LogP contribution in [0.3, 0.4) is 0 Å². The molecule has 0 spiro atoms. The number of rotatable bonds is 20. The Hall–Kier alpha value is -2.98. The molecular weight excluding hydrogens is 783 g/mol. The minimum Gasteiger partial charge on any atom is -0.756 e. The normalized spacial score (nSPS) is 27.0. The number of hydrogen-bond donors (Lipinski definition) is 8. The van der Waals surface area contributed by atoms with Crippen molar-refractivity contribution in [3.8, 4) is 0 Å². The van der Waals surface area contributed by atoms with Gasteiger partial charge in [-0.15, -0.1) is 0 Å². The summed E-state index contributed by atoms with van der Waals surface area (Å²) < 4.78 is 51.7. The van der Waals surface area contributed by atoms with Crippen molar-refractivity contribution in [2.24, 2.45) is 11.5 Å². The predicted octanol–water partition coefficient (Wildman–Crippen LogP) is -6.81. The molecule has 24 nitrogen and oxygen atoms in total. The molecule has 2 aliphatic heterocycles. The Morgan fingerprint density at radius 2 is 1.61 bits per heavy atom. The van der Waals surface area contributed by atoms with Crippen LogP contribution in [-0.4, -0.2) is 121 Å². The monoisotopic (exact) mass is 825 g/mol. The summed E-state index contributed by atoms with van der Waals surface area (Å²) >= 11 is 0. The number of carbonyl (C=O) groups is 2. The van der Waals surface area contributed by atoms with Crippen molar-refractivity contribution in [1.29, 1.82) is 0 Å². The van der Waals surface area contributed by atoms with Crippen LogP contribution < -0.4 is 55.3 Å². The van der Waals surface area contributed by atoms with Crippen molar-refractivity contribution < 1.29 is 95.2 Å². The van der Waals surface area contributed by atoms with Gasteiger partial charge in [-0.05, 0) is 25.5 Å². The van der Waals surface area contributed by atoms with E-state index in [4.69, 9.17) is 20.9 Å². The number of carbonyl (C=O) groups excluding carboxylic acids is 2. The number of aromatic nitrogens is 5. The van der Waals surface area contributed by atoms with Gasteiger partial charge in [0.25, 0.3) is 27.8 Å². The molecule has 27 heteroatoms. The molecule has 0 radical (unpaired) electrons. The molecule has 10 atom stereocenters. The van der Waals surface area contributed by atoms with Crippen LogP contribution in [0.15, 0.2) is 37.2 Å². The van der Waals surface area contributed by atoms with Crippen LogP contribution in [0.1, 0.15) is 48.5 Å². The second-order valence-corrected chi connectivity index (χ2v) is 15.5. The van der Waals surface area contributed by atoms with Crippen LogP contribution >= 0.6 is 15.6 Å². The molecule has 2 unspecified atom stereocenters. The Bertz CT molecular complexity index is 1900. The van der Waals surface area contributed by atoms with Gasteiger partial charge in [-0.3, -0.25) is 23.3 Å². The number of anilines is 1. The van der Waals surface area contributed by atoms with Gasteiger partial charge in [-0.2, -0.15) is 4.57 Å². The topological polar surface area (TPSA) is 365 Å². The predicted molar refractivity (Wildman–Crippen MR) is 180 cm³/mol. The Balaban J connectivity index is 0.00000696. The van der Waals surface area contributed by atoms with E-state index in [1.165, 1.54) is 40.0 Å². The fourth-order valence-corrected chi connectivity index (χ4v) is 7.77. The first-order valence-electron chi connectivity index (χ1n) is 16.9. The van der Waals surface area contributed by atoms with Gasteiger partial charge in [0.1, 0.15) is 42.4 Å². The molecule has 0 saturated carbocycles. The first-order chi connectivity index (χ1) is 26.1. The molecule has 0 aromatic carbocycles. The van der Waals surface area contributed by atoms with E-state index in [9.17, 15) is 48.9 Å². The zero-order valence-electron chi connectivity index (χ0n) is 30.0. The fraction of sp³-hybridized carbons (Fsp3) is 0.586. The number of aliphatic hydroxyl groups excluding tert-OH is 4. The van der Waals surface area contributed by atoms with Crippen molar-refractivity contribution in [3.63, 3.8) is 0 Å². The Labute approximate surface area is 330 Å². The number of unbranched alkanes of at least 4 members (excludes halogenated alkanes) is 3. The molecule has 2 aliphatic rings. The molecule has 3 aromatic rings. The Morgan fingerprint density at radius 1 is 0.946 bits per heavy atom. The molecule has 5 rings (SSSR count). The number of hydrogen-bond acceptors (Lipinski definition) is 20. The average Bonchev–Trinajstić information content (AvgIpc) is 3.79. The molecule has 10 N–H and O–H groups in total. The van der Waals surface area contributed by atoms with Crippen molar-refractivity contribution in [1.82, 2.24) is 24.8 Å². The maximum absolute atomic E-state index is 12.5. The third-order valence-electron chi connectivity index (χ3n) is 8.57. The number of nitrogens with zero attached hydrogens (tertiary/aromatic N) is 5.